The summed E-state index contributed by atoms with van der Waals surface area (Å²) < 4.78 is 31.8. The number of thioether (sulfide) groups is 1. The molecule has 1 aromatic carbocycles. The summed E-state index contributed by atoms with van der Waals surface area (Å²) in [7, 11) is -0.393. The molecular formula is C16H24N4O3S3. The molecule has 7 nitrogen and oxygen atoms in total. The molecule has 1 N–H and O–H groups in total. The van der Waals surface area contributed by atoms with E-state index in [1.807, 2.05) is 0 Å². The highest BCUT2D eigenvalue weighted by atomic mass is 32.2. The SMILES string of the molecule is CC(C)CNc1nnc(SCCOc2ccc(S(=O)(=O)N(C)C)cc2)s1. The van der Waals surface area contributed by atoms with Gasteiger partial charge in [0.2, 0.25) is 15.2 Å². The number of nitrogens with zero attached hydrogens (tertiary/aromatic N) is 3. The quantitative estimate of drug-likeness (QED) is 0.471. The van der Waals surface area contributed by atoms with Crippen LogP contribution in [0.15, 0.2) is 33.5 Å². The lowest BCUT2D eigenvalue weighted by atomic mass is 10.2. The number of aromatic nitrogens is 2. The van der Waals surface area contributed by atoms with E-state index in [1.54, 1.807) is 36.0 Å². The minimum Gasteiger partial charge on any atom is -0.493 e. The molecule has 2 rings (SSSR count). The third kappa shape index (κ3) is 6.11. The monoisotopic (exact) mass is 416 g/mol. The summed E-state index contributed by atoms with van der Waals surface area (Å²) in [6, 6.07) is 6.43. The Kier molecular flexibility index (Phi) is 7.69. The minimum absolute atomic E-state index is 0.250. The zero-order valence-electron chi connectivity index (χ0n) is 15.3. The lowest BCUT2D eigenvalue weighted by molar-refractivity contribution is 0.343. The Morgan fingerprint density at radius 1 is 1.23 bits per heavy atom. The van der Waals surface area contributed by atoms with Gasteiger partial charge < -0.3 is 10.1 Å². The number of hydrogen-bond donors (Lipinski definition) is 1. The third-order valence-corrected chi connectivity index (χ3v) is 7.06. The van der Waals surface area contributed by atoms with Crippen LogP contribution in [0.25, 0.3) is 0 Å². The van der Waals surface area contributed by atoms with E-state index in [4.69, 9.17) is 4.74 Å². The number of sulfonamides is 1. The van der Waals surface area contributed by atoms with Gasteiger partial charge in [0.05, 0.1) is 11.5 Å². The van der Waals surface area contributed by atoms with E-state index < -0.39 is 10.0 Å². The summed E-state index contributed by atoms with van der Waals surface area (Å²) in [6.45, 7) is 5.66. The molecular weight excluding hydrogens is 392 g/mol. The highest BCUT2D eigenvalue weighted by Gasteiger charge is 2.16. The van der Waals surface area contributed by atoms with Crippen LogP contribution >= 0.6 is 23.1 Å². The maximum absolute atomic E-state index is 12.0. The first-order valence-electron chi connectivity index (χ1n) is 8.14. The van der Waals surface area contributed by atoms with Gasteiger partial charge in [-0.3, -0.25) is 0 Å². The molecule has 1 heterocycles. The largest absolute Gasteiger partial charge is 0.493 e. The molecule has 144 valence electrons. The predicted octanol–water partition coefficient (Wildman–Crippen LogP) is 3.03. The normalized spacial score (nSPS) is 11.9. The van der Waals surface area contributed by atoms with Crippen molar-refractivity contribution in [1.29, 1.82) is 0 Å². The van der Waals surface area contributed by atoms with Crippen LogP contribution < -0.4 is 10.1 Å². The second-order valence-corrected chi connectivity index (χ2v) is 10.6. The van der Waals surface area contributed by atoms with E-state index in [0.717, 1.165) is 21.8 Å². The zero-order chi connectivity index (χ0) is 19.2. The first kappa shape index (κ1) is 20.9. The van der Waals surface area contributed by atoms with Gasteiger partial charge in [0.15, 0.2) is 4.34 Å². The van der Waals surface area contributed by atoms with Crippen molar-refractivity contribution in [2.75, 3.05) is 38.3 Å². The molecule has 0 atom stereocenters. The molecule has 0 saturated carbocycles. The molecule has 0 amide bonds. The van der Waals surface area contributed by atoms with Crippen molar-refractivity contribution < 1.29 is 13.2 Å². The summed E-state index contributed by atoms with van der Waals surface area (Å²) >= 11 is 3.11. The van der Waals surface area contributed by atoms with Gasteiger partial charge in [0.1, 0.15) is 5.75 Å². The second-order valence-electron chi connectivity index (χ2n) is 6.10. The topological polar surface area (TPSA) is 84.4 Å². The van der Waals surface area contributed by atoms with Gasteiger partial charge >= 0.3 is 0 Å². The van der Waals surface area contributed by atoms with Gasteiger partial charge in [-0.2, -0.15) is 0 Å². The van der Waals surface area contributed by atoms with Crippen LogP contribution in [-0.2, 0) is 10.0 Å². The fraction of sp³-hybridized carbons (Fsp3) is 0.500. The molecule has 0 aliphatic heterocycles. The fourth-order valence-electron chi connectivity index (χ4n) is 1.84. The molecule has 10 heteroatoms. The molecule has 0 aliphatic rings. The minimum atomic E-state index is -3.41. The van der Waals surface area contributed by atoms with Crippen LogP contribution in [-0.4, -0.2) is 55.9 Å². The van der Waals surface area contributed by atoms with Crippen molar-refractivity contribution in [3.8, 4) is 5.75 Å². The lowest BCUT2D eigenvalue weighted by Gasteiger charge is -2.12. The van der Waals surface area contributed by atoms with Crippen molar-refractivity contribution in [2.24, 2.45) is 5.92 Å². The number of nitrogens with one attached hydrogen (secondary N) is 1. The third-order valence-electron chi connectivity index (χ3n) is 3.25. The Morgan fingerprint density at radius 3 is 2.54 bits per heavy atom. The number of rotatable bonds is 10. The predicted molar refractivity (Wildman–Crippen MR) is 107 cm³/mol. The Labute approximate surface area is 163 Å². The van der Waals surface area contributed by atoms with E-state index >= 15 is 0 Å². The smallest absolute Gasteiger partial charge is 0.242 e. The highest BCUT2D eigenvalue weighted by Crippen LogP contribution is 2.25. The van der Waals surface area contributed by atoms with E-state index in [-0.39, 0.29) is 4.90 Å². The van der Waals surface area contributed by atoms with Crippen molar-refractivity contribution in [2.45, 2.75) is 23.1 Å². The Bertz CT molecular complexity index is 789. The molecule has 0 saturated heterocycles. The Hall–Kier alpha value is -1.36. The molecule has 0 aliphatic carbocycles. The van der Waals surface area contributed by atoms with E-state index in [1.165, 1.54) is 29.7 Å². The van der Waals surface area contributed by atoms with Crippen molar-refractivity contribution in [3.05, 3.63) is 24.3 Å². The molecule has 1 aromatic heterocycles. The van der Waals surface area contributed by atoms with Crippen molar-refractivity contribution in [3.63, 3.8) is 0 Å². The van der Waals surface area contributed by atoms with Crippen molar-refractivity contribution in [1.82, 2.24) is 14.5 Å². The number of benzene rings is 1. The average molecular weight is 417 g/mol. The lowest BCUT2D eigenvalue weighted by Crippen LogP contribution is -2.22. The summed E-state index contributed by atoms with van der Waals surface area (Å²) in [5.41, 5.74) is 0. The van der Waals surface area contributed by atoms with Crippen LogP contribution in [0.1, 0.15) is 13.8 Å². The molecule has 0 radical (unpaired) electrons. The van der Waals surface area contributed by atoms with Crippen LogP contribution in [0.2, 0.25) is 0 Å². The van der Waals surface area contributed by atoms with Gasteiger partial charge in [-0.15, -0.1) is 10.2 Å². The first-order chi connectivity index (χ1) is 12.3. The molecule has 0 fully saturated rings. The number of anilines is 1. The molecule has 26 heavy (non-hydrogen) atoms. The van der Waals surface area contributed by atoms with Gasteiger partial charge in [0.25, 0.3) is 0 Å². The Balaban J connectivity index is 1.76. The zero-order valence-corrected chi connectivity index (χ0v) is 17.7. The van der Waals surface area contributed by atoms with Crippen LogP contribution in [0.4, 0.5) is 5.13 Å². The van der Waals surface area contributed by atoms with Gasteiger partial charge in [0, 0.05) is 26.4 Å². The maximum Gasteiger partial charge on any atom is 0.242 e. The summed E-state index contributed by atoms with van der Waals surface area (Å²) in [4.78, 5) is 0.250. The fourth-order valence-corrected chi connectivity index (χ4v) is 4.39. The van der Waals surface area contributed by atoms with E-state index in [0.29, 0.717) is 18.3 Å². The first-order valence-corrected chi connectivity index (χ1v) is 11.4. The van der Waals surface area contributed by atoms with E-state index in [2.05, 4.69) is 29.4 Å². The highest BCUT2D eigenvalue weighted by molar-refractivity contribution is 8.01. The molecule has 0 unspecified atom stereocenters. The summed E-state index contributed by atoms with van der Waals surface area (Å²) in [6.07, 6.45) is 0. The summed E-state index contributed by atoms with van der Waals surface area (Å²) in [5, 5.41) is 12.3. The molecule has 2 aromatic rings. The standard InChI is InChI=1S/C16H24N4O3S3/c1-12(2)11-17-15-18-19-16(25-15)24-10-9-23-13-5-7-14(8-6-13)26(21,22)20(3)4/h5-8,12H,9-11H2,1-4H3,(H,17,18). The second kappa shape index (κ2) is 9.54. The van der Waals surface area contributed by atoms with Gasteiger partial charge in [-0.05, 0) is 30.2 Å². The molecule has 0 spiro atoms. The number of hydrogen-bond acceptors (Lipinski definition) is 8. The van der Waals surface area contributed by atoms with Crippen LogP contribution in [0, 0.1) is 5.92 Å². The van der Waals surface area contributed by atoms with Crippen molar-refractivity contribution >= 4 is 38.3 Å². The molecule has 0 bridgehead atoms. The Morgan fingerprint density at radius 2 is 1.92 bits per heavy atom. The summed E-state index contributed by atoms with van der Waals surface area (Å²) in [5.74, 6) is 1.93. The number of ether oxygens (including phenoxy) is 1. The van der Waals surface area contributed by atoms with Gasteiger partial charge in [-0.25, -0.2) is 12.7 Å². The van der Waals surface area contributed by atoms with Crippen LogP contribution in [0.3, 0.4) is 0 Å². The van der Waals surface area contributed by atoms with Crippen LogP contribution in [0.5, 0.6) is 5.75 Å². The van der Waals surface area contributed by atoms with Gasteiger partial charge in [-0.1, -0.05) is 36.9 Å². The average Bonchev–Trinajstić information content (AvgIpc) is 3.05. The maximum atomic E-state index is 12.0. The van der Waals surface area contributed by atoms with E-state index in [9.17, 15) is 8.42 Å².